The zero-order valence-electron chi connectivity index (χ0n) is 10.0. The third-order valence-electron chi connectivity index (χ3n) is 3.36. The van der Waals surface area contributed by atoms with Crippen molar-refractivity contribution in [3.8, 4) is 0 Å². The van der Waals surface area contributed by atoms with Gasteiger partial charge < -0.3 is 10.6 Å². The minimum Gasteiger partial charge on any atom is -0.384 e. The summed E-state index contributed by atoms with van der Waals surface area (Å²) in [6.07, 6.45) is 2.24. The summed E-state index contributed by atoms with van der Waals surface area (Å²) in [5, 5.41) is 0. The van der Waals surface area contributed by atoms with Crippen LogP contribution in [0.15, 0.2) is 6.07 Å². The molecule has 0 amide bonds. The van der Waals surface area contributed by atoms with Crippen LogP contribution in [0, 0.1) is 0 Å². The first-order chi connectivity index (χ1) is 8.53. The fourth-order valence-electron chi connectivity index (χ4n) is 2.10. The second kappa shape index (κ2) is 4.08. The number of nitrogens with zero attached hydrogens (tertiary/aromatic N) is 3. The van der Waals surface area contributed by atoms with Crippen LogP contribution < -0.4 is 10.6 Å². The van der Waals surface area contributed by atoms with Crippen molar-refractivity contribution in [3.05, 3.63) is 11.9 Å². The Hall–Kier alpha value is -1.37. The first-order valence-corrected chi connectivity index (χ1v) is 7.95. The molecule has 0 radical (unpaired) electrons. The van der Waals surface area contributed by atoms with Crippen LogP contribution in [0.3, 0.4) is 0 Å². The van der Waals surface area contributed by atoms with Crippen LogP contribution >= 0.6 is 0 Å². The molecular weight excluding hydrogens is 252 g/mol. The van der Waals surface area contributed by atoms with Gasteiger partial charge in [0.1, 0.15) is 17.5 Å². The van der Waals surface area contributed by atoms with Crippen molar-refractivity contribution < 1.29 is 8.42 Å². The fourth-order valence-corrected chi connectivity index (χ4v) is 3.30. The van der Waals surface area contributed by atoms with E-state index in [9.17, 15) is 8.42 Å². The van der Waals surface area contributed by atoms with Gasteiger partial charge in [-0.05, 0) is 12.8 Å². The first kappa shape index (κ1) is 11.7. The van der Waals surface area contributed by atoms with Crippen LogP contribution in [0.4, 0.5) is 11.6 Å². The molecule has 0 unspecified atom stereocenters. The molecule has 0 bridgehead atoms. The van der Waals surface area contributed by atoms with Crippen LogP contribution in [-0.2, 0) is 9.84 Å². The fraction of sp³-hybridized carbons (Fsp3) is 0.636. The van der Waals surface area contributed by atoms with Gasteiger partial charge in [0.2, 0.25) is 0 Å². The first-order valence-electron chi connectivity index (χ1n) is 6.13. The largest absolute Gasteiger partial charge is 0.384 e. The van der Waals surface area contributed by atoms with E-state index in [1.165, 1.54) is 0 Å². The van der Waals surface area contributed by atoms with Crippen LogP contribution in [0.5, 0.6) is 0 Å². The second-order valence-electron chi connectivity index (χ2n) is 4.92. The lowest BCUT2D eigenvalue weighted by molar-refractivity contribution is 0.586. The maximum Gasteiger partial charge on any atom is 0.153 e. The molecule has 2 fully saturated rings. The van der Waals surface area contributed by atoms with Crippen molar-refractivity contribution in [3.63, 3.8) is 0 Å². The van der Waals surface area contributed by atoms with Crippen LogP contribution in [0.1, 0.15) is 24.6 Å². The van der Waals surface area contributed by atoms with Gasteiger partial charge in [-0.1, -0.05) is 0 Å². The Morgan fingerprint density at radius 3 is 2.50 bits per heavy atom. The van der Waals surface area contributed by atoms with Crippen LogP contribution in [0.25, 0.3) is 0 Å². The summed E-state index contributed by atoms with van der Waals surface area (Å²) in [5.74, 6) is 2.86. The topological polar surface area (TPSA) is 89.2 Å². The summed E-state index contributed by atoms with van der Waals surface area (Å²) in [6.45, 7) is 0.978. The molecule has 1 aromatic heterocycles. The number of nitrogen functional groups attached to an aromatic ring is 1. The van der Waals surface area contributed by atoms with Crippen molar-refractivity contribution in [1.82, 2.24) is 9.97 Å². The SMILES string of the molecule is Nc1cc(N2CCS(=O)(=O)CC2)nc(C2CC2)n1. The average molecular weight is 268 g/mol. The Morgan fingerprint density at radius 2 is 1.89 bits per heavy atom. The molecule has 1 aliphatic heterocycles. The van der Waals surface area contributed by atoms with E-state index >= 15 is 0 Å². The lowest BCUT2D eigenvalue weighted by atomic mass is 10.3. The molecule has 1 aliphatic carbocycles. The normalized spacial score (nSPS) is 23.0. The van der Waals surface area contributed by atoms with Gasteiger partial charge in [-0.25, -0.2) is 18.4 Å². The number of aromatic nitrogens is 2. The van der Waals surface area contributed by atoms with Gasteiger partial charge in [0.25, 0.3) is 0 Å². The maximum absolute atomic E-state index is 11.4. The highest BCUT2D eigenvalue weighted by Gasteiger charge is 2.29. The van der Waals surface area contributed by atoms with Crippen molar-refractivity contribution in [1.29, 1.82) is 0 Å². The third-order valence-corrected chi connectivity index (χ3v) is 4.97. The number of anilines is 2. The number of hydrogen-bond acceptors (Lipinski definition) is 6. The van der Waals surface area contributed by atoms with Gasteiger partial charge in [0.15, 0.2) is 9.84 Å². The minimum absolute atomic E-state index is 0.190. The summed E-state index contributed by atoms with van der Waals surface area (Å²) in [5.41, 5.74) is 5.79. The highest BCUT2D eigenvalue weighted by molar-refractivity contribution is 7.91. The quantitative estimate of drug-likeness (QED) is 0.822. The summed E-state index contributed by atoms with van der Waals surface area (Å²) in [4.78, 5) is 10.7. The van der Waals surface area contributed by atoms with Gasteiger partial charge >= 0.3 is 0 Å². The van der Waals surface area contributed by atoms with E-state index in [0.717, 1.165) is 24.5 Å². The minimum atomic E-state index is -2.86. The summed E-state index contributed by atoms with van der Waals surface area (Å²) in [6, 6.07) is 1.73. The lowest BCUT2D eigenvalue weighted by Gasteiger charge is -2.28. The second-order valence-corrected chi connectivity index (χ2v) is 7.23. The molecule has 3 rings (SSSR count). The molecule has 0 atom stereocenters. The summed E-state index contributed by atoms with van der Waals surface area (Å²) < 4.78 is 22.8. The van der Waals surface area contributed by atoms with Crippen molar-refractivity contribution in [2.24, 2.45) is 0 Å². The molecule has 18 heavy (non-hydrogen) atoms. The number of rotatable bonds is 2. The molecule has 6 nitrogen and oxygen atoms in total. The molecule has 2 N–H and O–H groups in total. The van der Waals surface area contributed by atoms with Crippen molar-refractivity contribution in [2.75, 3.05) is 35.2 Å². The van der Waals surface area contributed by atoms with Crippen LogP contribution in [0.2, 0.25) is 0 Å². The van der Waals surface area contributed by atoms with Gasteiger partial charge in [-0.15, -0.1) is 0 Å². The van der Waals surface area contributed by atoms with E-state index in [1.54, 1.807) is 6.07 Å². The summed E-state index contributed by atoms with van der Waals surface area (Å²) in [7, 11) is -2.86. The van der Waals surface area contributed by atoms with Crippen LogP contribution in [-0.4, -0.2) is 43.0 Å². The average Bonchev–Trinajstić information content (AvgIpc) is 3.11. The molecule has 1 aromatic rings. The van der Waals surface area contributed by atoms with E-state index in [1.807, 2.05) is 4.90 Å². The predicted molar refractivity (Wildman–Crippen MR) is 69.3 cm³/mol. The molecule has 1 saturated heterocycles. The molecule has 98 valence electrons. The Kier molecular flexibility index (Phi) is 2.65. The number of sulfone groups is 1. The van der Waals surface area contributed by atoms with Gasteiger partial charge in [-0.3, -0.25) is 0 Å². The van der Waals surface area contributed by atoms with Crippen molar-refractivity contribution in [2.45, 2.75) is 18.8 Å². The molecule has 1 saturated carbocycles. The van der Waals surface area contributed by atoms with E-state index in [0.29, 0.717) is 24.8 Å². The smallest absolute Gasteiger partial charge is 0.153 e. The number of nitrogens with two attached hydrogens (primary N) is 1. The highest BCUT2D eigenvalue weighted by Crippen LogP contribution is 2.38. The Morgan fingerprint density at radius 1 is 1.22 bits per heavy atom. The third kappa shape index (κ3) is 2.40. The standard InChI is InChI=1S/C11H16N4O2S/c12-9-7-10(14-11(13-9)8-1-2-8)15-3-5-18(16,17)6-4-15/h7-8H,1-6H2,(H2,12,13,14). The molecule has 0 aromatic carbocycles. The van der Waals surface area contributed by atoms with E-state index in [4.69, 9.17) is 5.73 Å². The molecule has 2 heterocycles. The molecule has 0 spiro atoms. The monoisotopic (exact) mass is 268 g/mol. The highest BCUT2D eigenvalue weighted by atomic mass is 32.2. The Labute approximate surface area is 106 Å². The van der Waals surface area contributed by atoms with E-state index < -0.39 is 9.84 Å². The Balaban J connectivity index is 1.83. The van der Waals surface area contributed by atoms with Gasteiger partial charge in [0.05, 0.1) is 11.5 Å². The Bertz CT molecular complexity index is 554. The van der Waals surface area contributed by atoms with Gasteiger partial charge in [-0.2, -0.15) is 0 Å². The van der Waals surface area contributed by atoms with E-state index in [2.05, 4.69) is 9.97 Å². The van der Waals surface area contributed by atoms with Crippen molar-refractivity contribution >= 4 is 21.5 Å². The molecule has 7 heteroatoms. The zero-order chi connectivity index (χ0) is 12.8. The molecular formula is C11H16N4O2S. The molecule has 2 aliphatic rings. The zero-order valence-corrected chi connectivity index (χ0v) is 10.9. The van der Waals surface area contributed by atoms with E-state index in [-0.39, 0.29) is 11.5 Å². The maximum atomic E-state index is 11.4. The van der Waals surface area contributed by atoms with Gasteiger partial charge in [0, 0.05) is 25.1 Å². The lowest BCUT2D eigenvalue weighted by Crippen LogP contribution is -2.40. The predicted octanol–water partition coefficient (Wildman–Crippen LogP) is 0.171. The summed E-state index contributed by atoms with van der Waals surface area (Å²) >= 11 is 0. The number of hydrogen-bond donors (Lipinski definition) is 1.